The van der Waals surface area contributed by atoms with Gasteiger partial charge in [-0.05, 0) is 11.6 Å². The van der Waals surface area contributed by atoms with Gasteiger partial charge in [-0.1, -0.05) is 23.4 Å². The first-order valence-corrected chi connectivity index (χ1v) is 5.38. The van der Waals surface area contributed by atoms with Crippen LogP contribution >= 0.6 is 0 Å². The highest BCUT2D eigenvalue weighted by atomic mass is 16.6. The molecule has 2 N–H and O–H groups in total. The molecule has 0 aliphatic heterocycles. The molecule has 0 fully saturated rings. The second-order valence-electron chi connectivity index (χ2n) is 3.35. The van der Waals surface area contributed by atoms with Crippen LogP contribution < -0.4 is 5.32 Å². The average molecular weight is 238 g/mol. The predicted octanol–water partition coefficient (Wildman–Crippen LogP) is 0.723. The maximum absolute atomic E-state index is 8.62. The summed E-state index contributed by atoms with van der Waals surface area (Å²) in [6.07, 6.45) is 0. The van der Waals surface area contributed by atoms with E-state index in [2.05, 4.69) is 10.5 Å². The van der Waals surface area contributed by atoms with E-state index in [1.54, 1.807) is 7.05 Å². The van der Waals surface area contributed by atoms with Crippen LogP contribution in [-0.2, 0) is 16.2 Å². The first-order chi connectivity index (χ1) is 8.31. The summed E-state index contributed by atoms with van der Waals surface area (Å²) in [4.78, 5) is 4.75. The monoisotopic (exact) mass is 238 g/mol. The third-order valence-electron chi connectivity index (χ3n) is 2.12. The van der Waals surface area contributed by atoms with Crippen LogP contribution in [0.3, 0.4) is 0 Å². The van der Waals surface area contributed by atoms with E-state index < -0.39 is 0 Å². The Morgan fingerprint density at radius 3 is 2.94 bits per heavy atom. The molecule has 0 aliphatic rings. The average Bonchev–Trinajstić information content (AvgIpc) is 2.36. The van der Waals surface area contributed by atoms with Crippen molar-refractivity contribution in [3.05, 3.63) is 35.4 Å². The highest BCUT2D eigenvalue weighted by Gasteiger charge is 2.03. The lowest BCUT2D eigenvalue weighted by Gasteiger charge is -2.07. The highest BCUT2D eigenvalue weighted by Crippen LogP contribution is 2.07. The summed E-state index contributed by atoms with van der Waals surface area (Å²) < 4.78 is 5.26. The summed E-state index contributed by atoms with van der Waals surface area (Å²) in [6.45, 7) is 0.847. The Morgan fingerprint density at radius 2 is 2.29 bits per heavy atom. The van der Waals surface area contributed by atoms with Crippen molar-refractivity contribution in [1.82, 2.24) is 5.32 Å². The maximum atomic E-state index is 8.62. The zero-order chi connectivity index (χ0) is 12.5. The van der Waals surface area contributed by atoms with Crippen molar-refractivity contribution < 1.29 is 14.7 Å². The fraction of sp³-hybridized carbons (Fsp3) is 0.417. The summed E-state index contributed by atoms with van der Waals surface area (Å²) >= 11 is 0. The van der Waals surface area contributed by atoms with E-state index in [-0.39, 0.29) is 6.61 Å². The van der Waals surface area contributed by atoms with Crippen molar-refractivity contribution in [2.75, 3.05) is 27.4 Å². The van der Waals surface area contributed by atoms with Crippen LogP contribution in [0.2, 0.25) is 0 Å². The maximum Gasteiger partial charge on any atom is 0.172 e. The van der Waals surface area contributed by atoms with Gasteiger partial charge < -0.3 is 20.0 Å². The molecule has 0 aliphatic carbocycles. The smallest absolute Gasteiger partial charge is 0.172 e. The van der Waals surface area contributed by atoms with Crippen LogP contribution in [0.1, 0.15) is 11.1 Å². The number of hydrogen-bond acceptors (Lipinski definition) is 4. The van der Waals surface area contributed by atoms with Crippen LogP contribution in [0.4, 0.5) is 0 Å². The van der Waals surface area contributed by atoms with Crippen LogP contribution in [0.5, 0.6) is 0 Å². The lowest BCUT2D eigenvalue weighted by atomic mass is 10.1. The van der Waals surface area contributed by atoms with Crippen LogP contribution in [0, 0.1) is 0 Å². The number of nitrogens with one attached hydrogen (secondary N) is 1. The Kier molecular flexibility index (Phi) is 6.06. The fourth-order valence-electron chi connectivity index (χ4n) is 1.40. The molecule has 0 unspecified atom stereocenters. The van der Waals surface area contributed by atoms with E-state index in [1.807, 2.05) is 24.3 Å². The number of ether oxygens (including phenoxy) is 1. The van der Waals surface area contributed by atoms with Crippen LogP contribution in [-0.4, -0.2) is 38.3 Å². The molecular weight excluding hydrogens is 220 g/mol. The lowest BCUT2D eigenvalue weighted by molar-refractivity contribution is 0.0815. The quantitative estimate of drug-likeness (QED) is 0.332. The van der Waals surface area contributed by atoms with E-state index in [4.69, 9.17) is 14.7 Å². The molecule has 5 nitrogen and oxygen atoms in total. The predicted molar refractivity (Wildman–Crippen MR) is 65.8 cm³/mol. The van der Waals surface area contributed by atoms with E-state index in [9.17, 15) is 0 Å². The number of hydrogen-bond donors (Lipinski definition) is 2. The summed E-state index contributed by atoms with van der Waals surface area (Å²) in [7, 11) is 3.29. The first-order valence-electron chi connectivity index (χ1n) is 5.38. The van der Waals surface area contributed by atoms with Gasteiger partial charge in [0.2, 0.25) is 0 Å². The zero-order valence-corrected chi connectivity index (χ0v) is 10.1. The Hall–Kier alpha value is -1.59. The van der Waals surface area contributed by atoms with E-state index in [0.717, 1.165) is 11.1 Å². The molecule has 0 spiro atoms. The standard InChI is InChI=1S/C12H18N2O3/c1-13-12(14-16-2)11-5-3-4-10(8-11)9-17-7-6-15/h3-5,8,15H,6-7,9H2,1-2H3,(H,13,14). The van der Waals surface area contributed by atoms with Gasteiger partial charge in [-0.3, -0.25) is 0 Å². The topological polar surface area (TPSA) is 63.1 Å². The van der Waals surface area contributed by atoms with Crippen molar-refractivity contribution in [2.45, 2.75) is 6.61 Å². The molecule has 1 aromatic rings. The Bertz CT molecular complexity index is 367. The fourth-order valence-corrected chi connectivity index (χ4v) is 1.40. The third-order valence-corrected chi connectivity index (χ3v) is 2.12. The van der Waals surface area contributed by atoms with E-state index in [1.165, 1.54) is 7.11 Å². The molecule has 0 saturated heterocycles. The Balaban J connectivity index is 2.74. The van der Waals surface area contributed by atoms with Crippen LogP contribution in [0.25, 0.3) is 0 Å². The van der Waals surface area contributed by atoms with Gasteiger partial charge in [0.05, 0.1) is 19.8 Å². The van der Waals surface area contributed by atoms with Crippen LogP contribution in [0.15, 0.2) is 29.4 Å². The van der Waals surface area contributed by atoms with Gasteiger partial charge >= 0.3 is 0 Å². The van der Waals surface area contributed by atoms with Crippen molar-refractivity contribution in [3.8, 4) is 0 Å². The molecule has 17 heavy (non-hydrogen) atoms. The SMILES string of the molecule is CN/C(=N/OC)c1cccc(COCCO)c1. The minimum Gasteiger partial charge on any atom is -0.397 e. The molecule has 1 aromatic carbocycles. The summed E-state index contributed by atoms with van der Waals surface area (Å²) in [5.74, 6) is 0.663. The molecular formula is C12H18N2O3. The summed E-state index contributed by atoms with van der Waals surface area (Å²) in [5, 5.41) is 15.5. The molecule has 0 heterocycles. The van der Waals surface area contributed by atoms with Gasteiger partial charge in [0.25, 0.3) is 0 Å². The van der Waals surface area contributed by atoms with Crippen molar-refractivity contribution in [1.29, 1.82) is 0 Å². The molecule has 94 valence electrons. The number of amidine groups is 1. The van der Waals surface area contributed by atoms with Gasteiger partial charge in [-0.25, -0.2) is 0 Å². The summed E-state index contributed by atoms with van der Waals surface area (Å²) in [6, 6.07) is 7.78. The van der Waals surface area contributed by atoms with Gasteiger partial charge in [0.1, 0.15) is 7.11 Å². The van der Waals surface area contributed by atoms with Gasteiger partial charge in [0.15, 0.2) is 5.84 Å². The minimum atomic E-state index is 0.0343. The number of nitrogens with zero attached hydrogens (tertiary/aromatic N) is 1. The highest BCUT2D eigenvalue weighted by molar-refractivity contribution is 5.98. The number of rotatable bonds is 6. The van der Waals surface area contributed by atoms with Crippen molar-refractivity contribution >= 4 is 5.84 Å². The van der Waals surface area contributed by atoms with Gasteiger partial charge in [-0.2, -0.15) is 0 Å². The normalized spacial score (nSPS) is 11.4. The molecule has 0 saturated carbocycles. The minimum absolute atomic E-state index is 0.0343. The molecule has 0 radical (unpaired) electrons. The van der Waals surface area contributed by atoms with Gasteiger partial charge in [0, 0.05) is 12.6 Å². The molecule has 0 atom stereocenters. The third kappa shape index (κ3) is 4.42. The largest absolute Gasteiger partial charge is 0.397 e. The molecule has 0 aromatic heterocycles. The molecule has 0 amide bonds. The van der Waals surface area contributed by atoms with Crippen molar-refractivity contribution in [2.24, 2.45) is 5.16 Å². The second kappa shape index (κ2) is 7.65. The molecule has 0 bridgehead atoms. The second-order valence-corrected chi connectivity index (χ2v) is 3.35. The van der Waals surface area contributed by atoms with E-state index >= 15 is 0 Å². The lowest BCUT2D eigenvalue weighted by Crippen LogP contribution is -2.20. The Morgan fingerprint density at radius 1 is 1.47 bits per heavy atom. The number of aliphatic hydroxyl groups excluding tert-OH is 1. The molecule has 5 heteroatoms. The number of oxime groups is 1. The Labute approximate surface area is 101 Å². The zero-order valence-electron chi connectivity index (χ0n) is 10.1. The van der Waals surface area contributed by atoms with Gasteiger partial charge in [-0.15, -0.1) is 0 Å². The first kappa shape index (κ1) is 13.5. The number of aliphatic hydroxyl groups is 1. The number of benzene rings is 1. The van der Waals surface area contributed by atoms with Crippen molar-refractivity contribution in [3.63, 3.8) is 0 Å². The van der Waals surface area contributed by atoms with E-state index in [0.29, 0.717) is 19.0 Å². The molecule has 1 rings (SSSR count). The summed E-state index contributed by atoms with van der Waals surface area (Å²) in [5.41, 5.74) is 1.95.